The van der Waals surface area contributed by atoms with E-state index in [9.17, 15) is 33.6 Å². The largest absolute Gasteiger partial charge is 0.449 e. The standard InChI is InChI=1S/C38H56N6O9/c1-23(2)22-53-38(51)43-31(26-11-7-5-8-12-26)35(48)41-29(20-25-17-18-25)34(47)40-28(19-24-15-16-24)33(46)36(49)39-21-30(45)42-32(37(50)44(3)52-4)27-13-9-6-10-14-27/h6,9-10,13-14,23-26,28-29,31-32H,5,7-8,11-12,15-22H2,1-4H3,(H,39,49)(H,40,47)(H,41,48)(H,42,45)(H,43,51). The van der Waals surface area contributed by atoms with Gasteiger partial charge in [-0.3, -0.25) is 33.6 Å². The summed E-state index contributed by atoms with van der Waals surface area (Å²) in [5, 5.41) is 14.2. The Balaban J connectivity index is 1.40. The number of likely N-dealkylation sites (N-methyl/N-ethyl adjacent to an activating group) is 1. The van der Waals surface area contributed by atoms with E-state index in [4.69, 9.17) is 9.57 Å². The van der Waals surface area contributed by atoms with Crippen LogP contribution in [0.5, 0.6) is 0 Å². The van der Waals surface area contributed by atoms with Gasteiger partial charge < -0.3 is 31.3 Å². The number of hydroxylamine groups is 2. The van der Waals surface area contributed by atoms with Crippen LogP contribution < -0.4 is 26.6 Å². The van der Waals surface area contributed by atoms with E-state index >= 15 is 0 Å². The topological polar surface area (TPSA) is 201 Å². The Kier molecular flexibility index (Phi) is 15.6. The van der Waals surface area contributed by atoms with Crippen molar-refractivity contribution in [3.63, 3.8) is 0 Å². The van der Waals surface area contributed by atoms with E-state index in [0.717, 1.165) is 62.9 Å². The maximum Gasteiger partial charge on any atom is 0.407 e. The predicted molar refractivity (Wildman–Crippen MR) is 193 cm³/mol. The molecule has 292 valence electrons. The van der Waals surface area contributed by atoms with Crippen LogP contribution in [0.1, 0.15) is 96.1 Å². The number of hydrogen-bond acceptors (Lipinski definition) is 9. The molecule has 0 aromatic heterocycles. The first-order valence-corrected chi connectivity index (χ1v) is 18.9. The Hall–Kier alpha value is -4.53. The van der Waals surface area contributed by atoms with E-state index in [0.29, 0.717) is 12.0 Å². The van der Waals surface area contributed by atoms with Gasteiger partial charge in [0, 0.05) is 7.05 Å². The molecule has 5 N–H and O–H groups in total. The van der Waals surface area contributed by atoms with Crippen molar-refractivity contribution >= 4 is 41.4 Å². The van der Waals surface area contributed by atoms with Crippen LogP contribution in [0.25, 0.3) is 0 Å². The fourth-order valence-electron chi connectivity index (χ4n) is 6.47. The van der Waals surface area contributed by atoms with Crippen LogP contribution in [-0.4, -0.2) is 91.9 Å². The molecule has 4 unspecified atom stereocenters. The molecule has 53 heavy (non-hydrogen) atoms. The van der Waals surface area contributed by atoms with Crippen LogP contribution in [0.15, 0.2) is 30.3 Å². The SMILES string of the molecule is CON(C)C(=O)C(NC(=O)CNC(=O)C(=O)C(CC1CC1)NC(=O)C(CC1CC1)NC(=O)C(NC(=O)OCC(C)C)C1CCCCC1)c1ccccc1. The van der Waals surface area contributed by atoms with Gasteiger partial charge in [-0.05, 0) is 54.9 Å². The summed E-state index contributed by atoms with van der Waals surface area (Å²) in [4.78, 5) is 97.7. The van der Waals surface area contributed by atoms with Crippen molar-refractivity contribution in [1.29, 1.82) is 0 Å². The van der Waals surface area contributed by atoms with Crippen LogP contribution in [0.4, 0.5) is 4.79 Å². The van der Waals surface area contributed by atoms with Gasteiger partial charge in [-0.2, -0.15) is 0 Å². The highest BCUT2D eigenvalue weighted by atomic mass is 16.7. The van der Waals surface area contributed by atoms with Crippen molar-refractivity contribution < 1.29 is 43.1 Å². The predicted octanol–water partition coefficient (Wildman–Crippen LogP) is 2.45. The Morgan fingerprint density at radius 3 is 1.96 bits per heavy atom. The molecule has 1 aromatic rings. The summed E-state index contributed by atoms with van der Waals surface area (Å²) in [6.07, 6.45) is 7.79. The Morgan fingerprint density at radius 1 is 0.774 bits per heavy atom. The van der Waals surface area contributed by atoms with Crippen LogP contribution in [-0.2, 0) is 38.3 Å². The lowest BCUT2D eigenvalue weighted by atomic mass is 9.83. The summed E-state index contributed by atoms with van der Waals surface area (Å²) in [6, 6.07) is 4.33. The Labute approximate surface area is 311 Å². The zero-order valence-corrected chi connectivity index (χ0v) is 31.3. The van der Waals surface area contributed by atoms with E-state index in [1.54, 1.807) is 30.3 Å². The molecule has 3 saturated carbocycles. The van der Waals surface area contributed by atoms with Crippen LogP contribution in [0, 0.1) is 23.7 Å². The quantitative estimate of drug-likeness (QED) is 0.0984. The number of nitrogens with one attached hydrogen (secondary N) is 5. The minimum absolute atomic E-state index is 0.117. The van der Waals surface area contributed by atoms with Gasteiger partial charge in [0.2, 0.25) is 23.5 Å². The van der Waals surface area contributed by atoms with Crippen LogP contribution in [0.2, 0.25) is 0 Å². The number of alkyl carbamates (subject to hydrolysis) is 1. The van der Waals surface area contributed by atoms with Crippen molar-refractivity contribution in [2.75, 3.05) is 27.3 Å². The Bertz CT molecular complexity index is 1440. The molecule has 3 fully saturated rings. The highest BCUT2D eigenvalue weighted by Crippen LogP contribution is 2.35. The van der Waals surface area contributed by atoms with Crippen LogP contribution in [0.3, 0.4) is 0 Å². The number of ether oxygens (including phenoxy) is 1. The van der Waals surface area contributed by atoms with E-state index < -0.39 is 72.1 Å². The number of nitrogens with zero attached hydrogens (tertiary/aromatic N) is 1. The smallest absolute Gasteiger partial charge is 0.407 e. The molecule has 15 nitrogen and oxygen atoms in total. The lowest BCUT2D eigenvalue weighted by Crippen LogP contribution is -2.58. The molecular formula is C38H56N6O9. The van der Waals surface area contributed by atoms with E-state index in [1.165, 1.54) is 14.2 Å². The number of ketones is 1. The van der Waals surface area contributed by atoms with Crippen molar-refractivity contribution in [2.45, 2.75) is 109 Å². The second kappa shape index (κ2) is 20.1. The van der Waals surface area contributed by atoms with Gasteiger partial charge in [0.1, 0.15) is 18.1 Å². The molecule has 4 rings (SSSR count). The third-order valence-corrected chi connectivity index (χ3v) is 9.93. The van der Waals surface area contributed by atoms with E-state index in [2.05, 4.69) is 26.6 Å². The molecule has 0 radical (unpaired) electrons. The summed E-state index contributed by atoms with van der Waals surface area (Å²) in [6.45, 7) is 3.43. The average Bonchev–Trinajstić information content (AvgIpc) is 4.11. The molecule has 4 atom stereocenters. The minimum Gasteiger partial charge on any atom is -0.449 e. The third-order valence-electron chi connectivity index (χ3n) is 9.93. The lowest BCUT2D eigenvalue weighted by Gasteiger charge is -2.31. The minimum atomic E-state index is -1.18. The number of Topliss-reactive ketones (excluding diaryl/α,β-unsaturated/α-hetero) is 1. The maximum atomic E-state index is 13.8. The van der Waals surface area contributed by atoms with Crippen molar-refractivity contribution in [2.24, 2.45) is 23.7 Å². The highest BCUT2D eigenvalue weighted by Gasteiger charge is 2.39. The maximum absolute atomic E-state index is 13.8. The van der Waals surface area contributed by atoms with Crippen molar-refractivity contribution in [3.8, 4) is 0 Å². The van der Waals surface area contributed by atoms with Gasteiger partial charge in [-0.1, -0.05) is 89.1 Å². The Morgan fingerprint density at radius 2 is 1.38 bits per heavy atom. The number of benzene rings is 1. The number of hydrogen-bond donors (Lipinski definition) is 5. The molecule has 3 aliphatic carbocycles. The third kappa shape index (κ3) is 13.4. The first-order valence-electron chi connectivity index (χ1n) is 18.9. The summed E-state index contributed by atoms with van der Waals surface area (Å²) in [7, 11) is 2.71. The van der Waals surface area contributed by atoms with Crippen molar-refractivity contribution in [3.05, 3.63) is 35.9 Å². The van der Waals surface area contributed by atoms with Gasteiger partial charge in [0.05, 0.1) is 26.3 Å². The lowest BCUT2D eigenvalue weighted by molar-refractivity contribution is -0.171. The molecule has 1 aromatic carbocycles. The molecule has 0 bridgehead atoms. The molecule has 6 amide bonds. The normalized spacial score (nSPS) is 18.1. The van der Waals surface area contributed by atoms with Gasteiger partial charge in [0.15, 0.2) is 0 Å². The summed E-state index contributed by atoms with van der Waals surface area (Å²) >= 11 is 0. The first kappa shape index (κ1) is 41.2. The highest BCUT2D eigenvalue weighted by molar-refractivity contribution is 6.38. The van der Waals surface area contributed by atoms with Gasteiger partial charge in [-0.15, -0.1) is 0 Å². The summed E-state index contributed by atoms with van der Waals surface area (Å²) < 4.78 is 5.31. The monoisotopic (exact) mass is 740 g/mol. The number of carbonyl (C=O) groups excluding carboxylic acids is 7. The molecule has 15 heteroatoms. The van der Waals surface area contributed by atoms with Gasteiger partial charge >= 0.3 is 6.09 Å². The van der Waals surface area contributed by atoms with Crippen molar-refractivity contribution in [1.82, 2.24) is 31.6 Å². The molecule has 0 heterocycles. The number of carbonyl (C=O) groups is 7. The second-order valence-electron chi connectivity index (χ2n) is 15.0. The zero-order chi connectivity index (χ0) is 38.5. The number of rotatable bonds is 20. The fraction of sp³-hybridized carbons (Fsp3) is 0.658. The van der Waals surface area contributed by atoms with E-state index in [-0.39, 0.29) is 36.7 Å². The summed E-state index contributed by atoms with van der Waals surface area (Å²) in [5.41, 5.74) is 0.490. The molecule has 0 aliphatic heterocycles. The first-order chi connectivity index (χ1) is 25.4. The molecule has 0 spiro atoms. The molecule has 0 saturated heterocycles. The van der Waals surface area contributed by atoms with Crippen LogP contribution >= 0.6 is 0 Å². The van der Waals surface area contributed by atoms with E-state index in [1.807, 2.05) is 13.8 Å². The average molecular weight is 741 g/mol. The summed E-state index contributed by atoms with van der Waals surface area (Å²) in [5.74, 6) is -3.97. The fourth-order valence-corrected chi connectivity index (χ4v) is 6.47. The molecular weight excluding hydrogens is 684 g/mol. The zero-order valence-electron chi connectivity index (χ0n) is 31.3. The second-order valence-corrected chi connectivity index (χ2v) is 15.0. The van der Waals surface area contributed by atoms with Gasteiger partial charge in [0.25, 0.3) is 11.8 Å². The van der Waals surface area contributed by atoms with Gasteiger partial charge in [-0.25, -0.2) is 9.86 Å². The number of amides is 6. The molecule has 3 aliphatic rings.